The second-order valence-electron chi connectivity index (χ2n) is 6.76. The van der Waals surface area contributed by atoms with Crippen LogP contribution in [0.3, 0.4) is 0 Å². The first kappa shape index (κ1) is 14.8. The van der Waals surface area contributed by atoms with Gasteiger partial charge in [0.15, 0.2) is 0 Å². The number of hydrogen-bond donors (Lipinski definition) is 1. The van der Waals surface area contributed by atoms with E-state index in [1.165, 1.54) is 45.1 Å². The fourth-order valence-electron chi connectivity index (χ4n) is 4.38. The van der Waals surface area contributed by atoms with Crippen LogP contribution in [-0.4, -0.2) is 55.5 Å². The van der Waals surface area contributed by atoms with Crippen molar-refractivity contribution in [2.24, 2.45) is 5.73 Å². The average Bonchev–Trinajstić information content (AvgIpc) is 2.94. The highest BCUT2D eigenvalue weighted by molar-refractivity contribution is 4.95. The number of rotatable bonds is 4. The van der Waals surface area contributed by atoms with E-state index in [1.807, 2.05) is 0 Å². The Bertz CT molecular complexity index is 299. The first-order chi connectivity index (χ1) is 9.83. The summed E-state index contributed by atoms with van der Waals surface area (Å²) in [6, 6.07) is 1.51. The fourth-order valence-corrected chi connectivity index (χ4v) is 4.38. The van der Waals surface area contributed by atoms with Crippen LogP contribution in [0, 0.1) is 0 Å². The molecule has 2 N–H and O–H groups in total. The van der Waals surface area contributed by atoms with Gasteiger partial charge in [0, 0.05) is 31.9 Å². The molecular weight excluding hydrogens is 252 g/mol. The first-order valence-corrected chi connectivity index (χ1v) is 8.50. The summed E-state index contributed by atoms with van der Waals surface area (Å²) >= 11 is 0. The Balaban J connectivity index is 1.60. The molecule has 2 unspecified atom stereocenters. The van der Waals surface area contributed by atoms with Gasteiger partial charge < -0.3 is 15.2 Å². The van der Waals surface area contributed by atoms with Crippen molar-refractivity contribution >= 4 is 0 Å². The van der Waals surface area contributed by atoms with Crippen LogP contribution in [0.25, 0.3) is 0 Å². The molecule has 0 amide bonds. The van der Waals surface area contributed by atoms with Gasteiger partial charge in [-0.05, 0) is 64.5 Å². The van der Waals surface area contributed by atoms with E-state index in [0.717, 1.165) is 51.3 Å². The van der Waals surface area contributed by atoms with Gasteiger partial charge in [-0.3, -0.25) is 4.90 Å². The summed E-state index contributed by atoms with van der Waals surface area (Å²) in [6.45, 7) is 4.81. The molecule has 0 aromatic rings. The Morgan fingerprint density at radius 1 is 1.15 bits per heavy atom. The van der Waals surface area contributed by atoms with Gasteiger partial charge in [0.2, 0.25) is 0 Å². The van der Waals surface area contributed by atoms with Crippen molar-refractivity contribution in [2.45, 2.75) is 69.1 Å². The molecule has 3 rings (SSSR count). The van der Waals surface area contributed by atoms with E-state index in [2.05, 4.69) is 4.90 Å². The lowest BCUT2D eigenvalue weighted by molar-refractivity contribution is -0.152. The number of hydrogen-bond acceptors (Lipinski definition) is 4. The second-order valence-corrected chi connectivity index (χ2v) is 6.76. The van der Waals surface area contributed by atoms with Gasteiger partial charge in [-0.25, -0.2) is 0 Å². The largest absolute Gasteiger partial charge is 0.381 e. The second kappa shape index (κ2) is 6.73. The van der Waals surface area contributed by atoms with Gasteiger partial charge >= 0.3 is 0 Å². The van der Waals surface area contributed by atoms with Crippen LogP contribution in [0.5, 0.6) is 0 Å². The highest BCUT2D eigenvalue weighted by Gasteiger charge is 2.42. The molecule has 3 fully saturated rings. The summed E-state index contributed by atoms with van der Waals surface area (Å²) in [5.74, 6) is 0. The summed E-state index contributed by atoms with van der Waals surface area (Å²) in [4.78, 5) is 2.79. The summed E-state index contributed by atoms with van der Waals surface area (Å²) in [6.07, 6.45) is 9.79. The van der Waals surface area contributed by atoms with Crippen LogP contribution in [-0.2, 0) is 9.47 Å². The predicted molar refractivity (Wildman–Crippen MR) is 79.8 cm³/mol. The summed E-state index contributed by atoms with van der Waals surface area (Å²) in [7, 11) is 0. The smallest absolute Gasteiger partial charge is 0.0741 e. The molecule has 1 spiro atoms. The molecule has 0 aromatic carbocycles. The molecule has 3 saturated heterocycles. The van der Waals surface area contributed by atoms with E-state index in [1.54, 1.807) is 0 Å². The van der Waals surface area contributed by atoms with Crippen molar-refractivity contribution in [1.82, 2.24) is 4.90 Å². The van der Waals surface area contributed by atoms with E-state index in [4.69, 9.17) is 15.2 Å². The van der Waals surface area contributed by atoms with Gasteiger partial charge in [-0.2, -0.15) is 0 Å². The molecule has 4 heteroatoms. The van der Waals surface area contributed by atoms with Gasteiger partial charge in [0.05, 0.1) is 5.60 Å². The number of nitrogens with zero attached hydrogens (tertiary/aromatic N) is 1. The van der Waals surface area contributed by atoms with Crippen molar-refractivity contribution in [3.8, 4) is 0 Å². The maximum atomic E-state index is 6.19. The number of ether oxygens (including phenoxy) is 2. The van der Waals surface area contributed by atoms with E-state index in [0.29, 0.717) is 0 Å². The third-order valence-electron chi connectivity index (χ3n) is 5.50. The highest BCUT2D eigenvalue weighted by atomic mass is 16.5. The third-order valence-corrected chi connectivity index (χ3v) is 5.50. The van der Waals surface area contributed by atoms with Crippen molar-refractivity contribution in [3.63, 3.8) is 0 Å². The highest BCUT2D eigenvalue weighted by Crippen LogP contribution is 2.38. The minimum atomic E-state index is 0.127. The number of likely N-dealkylation sites (tertiary alicyclic amines) is 1. The molecule has 116 valence electrons. The van der Waals surface area contributed by atoms with E-state index in [-0.39, 0.29) is 5.60 Å². The zero-order chi connectivity index (χ0) is 13.8. The first-order valence-electron chi connectivity index (χ1n) is 8.50. The molecule has 4 nitrogen and oxygen atoms in total. The third kappa shape index (κ3) is 3.19. The quantitative estimate of drug-likeness (QED) is 0.856. The minimum Gasteiger partial charge on any atom is -0.381 e. The fraction of sp³-hybridized carbons (Fsp3) is 1.00. The Labute approximate surface area is 123 Å². The Kier molecular flexibility index (Phi) is 4.97. The van der Waals surface area contributed by atoms with Crippen LogP contribution in [0.2, 0.25) is 0 Å². The van der Waals surface area contributed by atoms with Crippen molar-refractivity contribution in [2.75, 3.05) is 32.9 Å². The molecule has 0 aromatic heterocycles. The predicted octanol–water partition coefficient (Wildman–Crippen LogP) is 1.92. The lowest BCUT2D eigenvalue weighted by Gasteiger charge is -2.47. The normalized spacial score (nSPS) is 34.6. The molecule has 0 bridgehead atoms. The van der Waals surface area contributed by atoms with Gasteiger partial charge in [0.1, 0.15) is 0 Å². The van der Waals surface area contributed by atoms with Crippen molar-refractivity contribution in [3.05, 3.63) is 0 Å². The Hall–Kier alpha value is -0.160. The molecule has 3 aliphatic heterocycles. The molecule has 0 aliphatic carbocycles. The topological polar surface area (TPSA) is 47.7 Å². The number of nitrogens with two attached hydrogens (primary N) is 1. The summed E-state index contributed by atoms with van der Waals surface area (Å²) < 4.78 is 11.7. The van der Waals surface area contributed by atoms with Crippen LogP contribution >= 0.6 is 0 Å². The lowest BCUT2D eigenvalue weighted by Crippen LogP contribution is -2.52. The van der Waals surface area contributed by atoms with Crippen molar-refractivity contribution in [1.29, 1.82) is 0 Å². The minimum absolute atomic E-state index is 0.127. The molecule has 0 saturated carbocycles. The van der Waals surface area contributed by atoms with E-state index >= 15 is 0 Å². The lowest BCUT2D eigenvalue weighted by atomic mass is 9.83. The zero-order valence-corrected chi connectivity index (χ0v) is 12.7. The molecular formula is C16H30N2O2. The van der Waals surface area contributed by atoms with Gasteiger partial charge in [0.25, 0.3) is 0 Å². The van der Waals surface area contributed by atoms with Crippen LogP contribution in [0.4, 0.5) is 0 Å². The van der Waals surface area contributed by atoms with Gasteiger partial charge in [-0.15, -0.1) is 0 Å². The van der Waals surface area contributed by atoms with Crippen molar-refractivity contribution < 1.29 is 9.47 Å². The molecule has 20 heavy (non-hydrogen) atoms. The Morgan fingerprint density at radius 3 is 2.80 bits per heavy atom. The molecule has 3 heterocycles. The maximum absolute atomic E-state index is 6.19. The SMILES string of the molecule is NCCCC1CCCN1C1CCOC2(CCOCC2)C1. The molecule has 0 radical (unpaired) electrons. The Morgan fingerprint density at radius 2 is 2.00 bits per heavy atom. The summed E-state index contributed by atoms with van der Waals surface area (Å²) in [5, 5.41) is 0. The average molecular weight is 282 g/mol. The monoisotopic (exact) mass is 282 g/mol. The zero-order valence-electron chi connectivity index (χ0n) is 12.7. The standard InChI is InChI=1S/C16H30N2O2/c17-8-1-3-14-4-2-9-18(14)15-5-10-20-16(13-15)6-11-19-12-7-16/h14-15H,1-13,17H2. The van der Waals surface area contributed by atoms with Crippen LogP contribution < -0.4 is 5.73 Å². The molecule has 2 atom stereocenters. The maximum Gasteiger partial charge on any atom is 0.0741 e. The summed E-state index contributed by atoms with van der Waals surface area (Å²) in [5.41, 5.74) is 5.82. The van der Waals surface area contributed by atoms with Crippen LogP contribution in [0.15, 0.2) is 0 Å². The van der Waals surface area contributed by atoms with E-state index < -0.39 is 0 Å². The molecule has 3 aliphatic rings. The van der Waals surface area contributed by atoms with E-state index in [9.17, 15) is 0 Å². The van der Waals surface area contributed by atoms with Crippen LogP contribution in [0.1, 0.15) is 51.4 Å². The van der Waals surface area contributed by atoms with Gasteiger partial charge in [-0.1, -0.05) is 0 Å².